The van der Waals surface area contributed by atoms with E-state index >= 15 is 0 Å². The quantitative estimate of drug-likeness (QED) is 0.771. The Morgan fingerprint density at radius 2 is 1.73 bits per heavy atom. The average molecular weight is 426 g/mol. The third kappa shape index (κ3) is 3.76. The van der Waals surface area contributed by atoms with Gasteiger partial charge in [0.25, 0.3) is 5.91 Å². The second-order valence-corrected chi connectivity index (χ2v) is 9.32. The standard InChI is InChI=1S/C22H23N3O4S/c1-16-19-9-2-3-10-20(19)22(27)25(16)14-11-21(26)23-17-7-6-8-18(15-17)30(28,29)24-12-4-5-13-24/h2-3,6-10,15H,1,4-5,11-14H2,(H,23,26). The van der Waals surface area contributed by atoms with Gasteiger partial charge in [-0.25, -0.2) is 8.42 Å². The van der Waals surface area contributed by atoms with E-state index in [0.29, 0.717) is 30.0 Å². The van der Waals surface area contributed by atoms with Crippen LogP contribution in [0.15, 0.2) is 60.0 Å². The van der Waals surface area contributed by atoms with Crippen molar-refractivity contribution >= 4 is 33.2 Å². The first-order chi connectivity index (χ1) is 14.4. The molecular weight excluding hydrogens is 402 g/mol. The summed E-state index contributed by atoms with van der Waals surface area (Å²) >= 11 is 0. The molecule has 1 N–H and O–H groups in total. The number of rotatable bonds is 6. The molecule has 7 nitrogen and oxygen atoms in total. The van der Waals surface area contributed by atoms with E-state index in [4.69, 9.17) is 0 Å². The third-order valence-corrected chi connectivity index (χ3v) is 7.32. The van der Waals surface area contributed by atoms with Crippen LogP contribution in [0.1, 0.15) is 35.2 Å². The number of carbonyl (C=O) groups is 2. The van der Waals surface area contributed by atoms with Crippen molar-refractivity contribution in [2.24, 2.45) is 0 Å². The second kappa shape index (κ2) is 8.04. The fourth-order valence-electron chi connectivity index (χ4n) is 3.82. The fourth-order valence-corrected chi connectivity index (χ4v) is 5.38. The van der Waals surface area contributed by atoms with Gasteiger partial charge in [0.05, 0.1) is 4.90 Å². The summed E-state index contributed by atoms with van der Waals surface area (Å²) in [6, 6.07) is 13.5. The fraction of sp³-hybridized carbons (Fsp3) is 0.273. The predicted octanol–water partition coefficient (Wildman–Crippen LogP) is 2.93. The molecule has 0 spiro atoms. The largest absolute Gasteiger partial charge is 0.326 e. The summed E-state index contributed by atoms with van der Waals surface area (Å²) in [6.07, 6.45) is 1.79. The van der Waals surface area contributed by atoms with E-state index in [1.807, 2.05) is 12.1 Å². The molecule has 0 aromatic heterocycles. The molecule has 2 aliphatic rings. The first kappa shape index (κ1) is 20.3. The Balaban J connectivity index is 1.39. The molecule has 0 aliphatic carbocycles. The lowest BCUT2D eigenvalue weighted by atomic mass is 10.1. The zero-order chi connectivity index (χ0) is 21.3. The van der Waals surface area contributed by atoms with Crippen molar-refractivity contribution < 1.29 is 18.0 Å². The zero-order valence-electron chi connectivity index (χ0n) is 16.5. The van der Waals surface area contributed by atoms with Gasteiger partial charge in [-0.15, -0.1) is 0 Å². The Morgan fingerprint density at radius 1 is 1.03 bits per heavy atom. The molecule has 4 rings (SSSR count). The highest BCUT2D eigenvalue weighted by atomic mass is 32.2. The molecule has 0 saturated carbocycles. The van der Waals surface area contributed by atoms with E-state index in [-0.39, 0.29) is 29.7 Å². The van der Waals surface area contributed by atoms with E-state index in [0.717, 1.165) is 18.4 Å². The maximum atomic E-state index is 12.7. The first-order valence-corrected chi connectivity index (χ1v) is 11.3. The van der Waals surface area contributed by atoms with Crippen molar-refractivity contribution in [3.63, 3.8) is 0 Å². The van der Waals surface area contributed by atoms with Crippen molar-refractivity contribution in [2.75, 3.05) is 25.0 Å². The van der Waals surface area contributed by atoms with Crippen molar-refractivity contribution in [3.8, 4) is 0 Å². The van der Waals surface area contributed by atoms with Crippen molar-refractivity contribution in [1.29, 1.82) is 0 Å². The summed E-state index contributed by atoms with van der Waals surface area (Å²) in [5.74, 6) is -0.468. The Kier molecular flexibility index (Phi) is 5.44. The Bertz CT molecular complexity index is 1090. The van der Waals surface area contributed by atoms with Gasteiger partial charge in [-0.3, -0.25) is 9.59 Å². The maximum Gasteiger partial charge on any atom is 0.258 e. The maximum absolute atomic E-state index is 12.7. The minimum absolute atomic E-state index is 0.0713. The molecule has 1 saturated heterocycles. The van der Waals surface area contributed by atoms with Gasteiger partial charge in [0.15, 0.2) is 0 Å². The number of carbonyl (C=O) groups excluding carboxylic acids is 2. The summed E-state index contributed by atoms with van der Waals surface area (Å²) < 4.78 is 26.9. The van der Waals surface area contributed by atoms with Gasteiger partial charge < -0.3 is 10.2 Å². The number of anilines is 1. The molecule has 0 atom stereocenters. The van der Waals surface area contributed by atoms with Crippen molar-refractivity contribution in [2.45, 2.75) is 24.2 Å². The molecule has 2 aliphatic heterocycles. The van der Waals surface area contributed by atoms with E-state index in [2.05, 4.69) is 11.9 Å². The highest BCUT2D eigenvalue weighted by molar-refractivity contribution is 7.89. The van der Waals surface area contributed by atoms with Crippen LogP contribution in [0.25, 0.3) is 5.70 Å². The monoisotopic (exact) mass is 425 g/mol. The molecule has 30 heavy (non-hydrogen) atoms. The summed E-state index contributed by atoms with van der Waals surface area (Å²) in [4.78, 5) is 26.6. The number of nitrogens with one attached hydrogen (secondary N) is 1. The average Bonchev–Trinajstić information content (AvgIpc) is 3.36. The molecule has 1 fully saturated rings. The summed E-state index contributed by atoms with van der Waals surface area (Å²) in [5.41, 5.74) is 2.36. The summed E-state index contributed by atoms with van der Waals surface area (Å²) in [6.45, 7) is 5.21. The van der Waals surface area contributed by atoms with E-state index in [1.165, 1.54) is 21.3 Å². The van der Waals surface area contributed by atoms with Gasteiger partial charge in [0, 0.05) is 48.6 Å². The number of hydrogen-bond acceptors (Lipinski definition) is 4. The van der Waals surface area contributed by atoms with Gasteiger partial charge in [-0.05, 0) is 37.1 Å². The van der Waals surface area contributed by atoms with Crippen LogP contribution in [0, 0.1) is 0 Å². The molecule has 2 aromatic rings. The van der Waals surface area contributed by atoms with Crippen LogP contribution < -0.4 is 5.32 Å². The van der Waals surface area contributed by atoms with Crippen LogP contribution in [0.2, 0.25) is 0 Å². The molecule has 0 unspecified atom stereocenters. The van der Waals surface area contributed by atoms with Crippen LogP contribution in [-0.2, 0) is 14.8 Å². The van der Waals surface area contributed by atoms with Gasteiger partial charge in [-0.2, -0.15) is 4.31 Å². The van der Waals surface area contributed by atoms with Crippen LogP contribution in [0.5, 0.6) is 0 Å². The molecule has 156 valence electrons. The SMILES string of the molecule is C=C1c2ccccc2C(=O)N1CCC(=O)Nc1cccc(S(=O)(=O)N2CCCC2)c1. The molecular formula is C22H23N3O4S. The van der Waals surface area contributed by atoms with Gasteiger partial charge in [-0.1, -0.05) is 30.8 Å². The Hall–Kier alpha value is -2.97. The Labute approximate surface area is 176 Å². The molecule has 0 bridgehead atoms. The predicted molar refractivity (Wildman–Crippen MR) is 114 cm³/mol. The number of fused-ring (bicyclic) bond motifs is 1. The van der Waals surface area contributed by atoms with E-state index < -0.39 is 10.0 Å². The number of sulfonamides is 1. The third-order valence-electron chi connectivity index (χ3n) is 5.42. The highest BCUT2D eigenvalue weighted by Crippen LogP contribution is 2.31. The minimum atomic E-state index is -3.55. The van der Waals surface area contributed by atoms with Crippen molar-refractivity contribution in [3.05, 3.63) is 66.2 Å². The number of nitrogens with zero attached hydrogens (tertiary/aromatic N) is 2. The summed E-state index contributed by atoms with van der Waals surface area (Å²) in [5, 5.41) is 2.73. The lowest BCUT2D eigenvalue weighted by Gasteiger charge is -2.18. The van der Waals surface area contributed by atoms with Gasteiger partial charge in [0.2, 0.25) is 15.9 Å². The normalized spacial score (nSPS) is 16.7. The lowest BCUT2D eigenvalue weighted by molar-refractivity contribution is -0.116. The molecule has 8 heteroatoms. The number of benzene rings is 2. The number of hydrogen-bond donors (Lipinski definition) is 1. The topological polar surface area (TPSA) is 86.8 Å². The zero-order valence-corrected chi connectivity index (χ0v) is 17.3. The Morgan fingerprint density at radius 3 is 2.43 bits per heavy atom. The van der Waals surface area contributed by atoms with Crippen LogP contribution in [0.4, 0.5) is 5.69 Å². The van der Waals surface area contributed by atoms with E-state index in [1.54, 1.807) is 24.3 Å². The second-order valence-electron chi connectivity index (χ2n) is 7.39. The number of amides is 2. The van der Waals surface area contributed by atoms with E-state index in [9.17, 15) is 18.0 Å². The molecule has 2 amide bonds. The molecule has 0 radical (unpaired) electrons. The first-order valence-electron chi connectivity index (χ1n) is 9.88. The van der Waals surface area contributed by atoms with Gasteiger partial charge in [0.1, 0.15) is 0 Å². The molecule has 2 heterocycles. The molecule has 2 aromatic carbocycles. The van der Waals surface area contributed by atoms with Crippen LogP contribution >= 0.6 is 0 Å². The van der Waals surface area contributed by atoms with Crippen LogP contribution in [0.3, 0.4) is 0 Å². The lowest BCUT2D eigenvalue weighted by Crippen LogP contribution is -2.28. The van der Waals surface area contributed by atoms with Gasteiger partial charge >= 0.3 is 0 Å². The summed E-state index contributed by atoms with van der Waals surface area (Å²) in [7, 11) is -3.55. The highest BCUT2D eigenvalue weighted by Gasteiger charge is 2.31. The minimum Gasteiger partial charge on any atom is -0.326 e. The smallest absolute Gasteiger partial charge is 0.258 e. The van der Waals surface area contributed by atoms with Crippen LogP contribution in [-0.4, -0.2) is 49.1 Å². The van der Waals surface area contributed by atoms with Crippen molar-refractivity contribution in [1.82, 2.24) is 9.21 Å².